The molecule has 2 heterocycles. The van der Waals surface area contributed by atoms with E-state index in [1.807, 2.05) is 30.3 Å². The third-order valence-electron chi connectivity index (χ3n) is 3.11. The molecule has 4 heteroatoms. The van der Waals surface area contributed by atoms with Gasteiger partial charge >= 0.3 is 0 Å². The highest BCUT2D eigenvalue weighted by Crippen LogP contribution is 2.34. The minimum absolute atomic E-state index is 0.201. The maximum Gasteiger partial charge on any atom is 0.149 e. The van der Waals surface area contributed by atoms with Gasteiger partial charge in [-0.25, -0.2) is 4.98 Å². The van der Waals surface area contributed by atoms with Crippen molar-refractivity contribution in [1.82, 2.24) is 4.98 Å². The molecule has 92 valence electrons. The first-order valence-electron chi connectivity index (χ1n) is 6.03. The number of ether oxygens (including phenoxy) is 1. The van der Waals surface area contributed by atoms with Crippen molar-refractivity contribution in [3.63, 3.8) is 0 Å². The van der Waals surface area contributed by atoms with E-state index in [0.717, 1.165) is 23.6 Å². The zero-order valence-corrected chi connectivity index (χ0v) is 9.97. The van der Waals surface area contributed by atoms with Gasteiger partial charge in [-0.05, 0) is 18.2 Å². The van der Waals surface area contributed by atoms with Crippen LogP contribution in [0.5, 0.6) is 5.75 Å². The van der Waals surface area contributed by atoms with E-state index in [2.05, 4.69) is 16.4 Å². The molecule has 1 aromatic carbocycles. The quantitative estimate of drug-likeness (QED) is 0.848. The molecule has 1 aliphatic heterocycles. The number of benzene rings is 1. The summed E-state index contributed by atoms with van der Waals surface area (Å²) in [6.07, 6.45) is 2.65. The fourth-order valence-corrected chi connectivity index (χ4v) is 2.20. The summed E-state index contributed by atoms with van der Waals surface area (Å²) in [7, 11) is 0. The largest absolute Gasteiger partial charge is 0.493 e. The molecule has 1 unspecified atom stereocenters. The number of aromatic nitrogens is 1. The maximum atomic E-state index is 5.90. The van der Waals surface area contributed by atoms with Crippen LogP contribution in [0.3, 0.4) is 0 Å². The average molecular weight is 241 g/mol. The Kier molecular flexibility index (Phi) is 2.76. The van der Waals surface area contributed by atoms with Crippen molar-refractivity contribution < 1.29 is 4.74 Å². The van der Waals surface area contributed by atoms with Gasteiger partial charge in [0.1, 0.15) is 11.6 Å². The summed E-state index contributed by atoms with van der Waals surface area (Å²) in [6, 6.07) is 11.9. The van der Waals surface area contributed by atoms with Crippen LogP contribution in [0.25, 0.3) is 0 Å². The van der Waals surface area contributed by atoms with E-state index in [-0.39, 0.29) is 6.04 Å². The second kappa shape index (κ2) is 4.56. The van der Waals surface area contributed by atoms with Crippen molar-refractivity contribution in [2.75, 3.05) is 17.7 Å². The van der Waals surface area contributed by atoms with Crippen molar-refractivity contribution in [3.05, 3.63) is 48.2 Å². The number of nitrogen functional groups attached to an aromatic ring is 1. The van der Waals surface area contributed by atoms with E-state index in [9.17, 15) is 0 Å². The summed E-state index contributed by atoms with van der Waals surface area (Å²) in [6.45, 7) is 0.710. The second-order valence-corrected chi connectivity index (χ2v) is 4.31. The SMILES string of the molecule is Nc1cccnc1NC1CCOc2ccccc21. The van der Waals surface area contributed by atoms with Gasteiger partial charge in [-0.1, -0.05) is 18.2 Å². The van der Waals surface area contributed by atoms with Gasteiger partial charge in [0.2, 0.25) is 0 Å². The number of para-hydroxylation sites is 1. The lowest BCUT2D eigenvalue weighted by Crippen LogP contribution is -2.21. The minimum atomic E-state index is 0.201. The molecule has 0 bridgehead atoms. The van der Waals surface area contributed by atoms with Crippen LogP contribution in [0, 0.1) is 0 Å². The third kappa shape index (κ3) is 1.97. The molecule has 0 aliphatic carbocycles. The van der Waals surface area contributed by atoms with Crippen molar-refractivity contribution in [2.24, 2.45) is 0 Å². The summed E-state index contributed by atoms with van der Waals surface area (Å²) in [4.78, 5) is 4.27. The number of pyridine rings is 1. The van der Waals surface area contributed by atoms with Crippen LogP contribution in [0.4, 0.5) is 11.5 Å². The number of rotatable bonds is 2. The molecule has 0 amide bonds. The van der Waals surface area contributed by atoms with Gasteiger partial charge in [0, 0.05) is 18.2 Å². The molecule has 2 aromatic rings. The third-order valence-corrected chi connectivity index (χ3v) is 3.11. The van der Waals surface area contributed by atoms with Gasteiger partial charge in [-0.3, -0.25) is 0 Å². The van der Waals surface area contributed by atoms with E-state index >= 15 is 0 Å². The maximum absolute atomic E-state index is 5.90. The number of nitrogens with one attached hydrogen (secondary N) is 1. The standard InChI is InChI=1S/C14H15N3O/c15-11-5-3-8-16-14(11)17-12-7-9-18-13-6-2-1-4-10(12)13/h1-6,8,12H,7,9,15H2,(H,16,17). The lowest BCUT2D eigenvalue weighted by molar-refractivity contribution is 0.274. The van der Waals surface area contributed by atoms with Gasteiger partial charge in [0.15, 0.2) is 0 Å². The van der Waals surface area contributed by atoms with Crippen LogP contribution < -0.4 is 15.8 Å². The molecule has 18 heavy (non-hydrogen) atoms. The van der Waals surface area contributed by atoms with E-state index in [0.29, 0.717) is 12.3 Å². The first kappa shape index (κ1) is 10.9. The Bertz CT molecular complexity index is 556. The van der Waals surface area contributed by atoms with Gasteiger partial charge in [-0.2, -0.15) is 0 Å². The van der Waals surface area contributed by atoms with E-state index in [1.165, 1.54) is 0 Å². The highest BCUT2D eigenvalue weighted by atomic mass is 16.5. The zero-order chi connectivity index (χ0) is 12.4. The highest BCUT2D eigenvalue weighted by Gasteiger charge is 2.21. The van der Waals surface area contributed by atoms with Gasteiger partial charge in [0.05, 0.1) is 18.3 Å². The van der Waals surface area contributed by atoms with Crippen LogP contribution in [-0.4, -0.2) is 11.6 Å². The molecule has 1 aromatic heterocycles. The summed E-state index contributed by atoms with van der Waals surface area (Å²) in [5, 5.41) is 3.39. The van der Waals surface area contributed by atoms with Crippen molar-refractivity contribution >= 4 is 11.5 Å². The topological polar surface area (TPSA) is 60.2 Å². The van der Waals surface area contributed by atoms with Crippen LogP contribution in [0.2, 0.25) is 0 Å². The molecule has 4 nitrogen and oxygen atoms in total. The summed E-state index contributed by atoms with van der Waals surface area (Å²) >= 11 is 0. The second-order valence-electron chi connectivity index (χ2n) is 4.31. The summed E-state index contributed by atoms with van der Waals surface area (Å²) in [5.41, 5.74) is 7.73. The van der Waals surface area contributed by atoms with E-state index < -0.39 is 0 Å². The molecule has 3 N–H and O–H groups in total. The smallest absolute Gasteiger partial charge is 0.149 e. The predicted molar refractivity (Wildman–Crippen MR) is 71.6 cm³/mol. The van der Waals surface area contributed by atoms with Gasteiger partial charge in [0.25, 0.3) is 0 Å². The number of nitrogens with zero attached hydrogens (tertiary/aromatic N) is 1. The fourth-order valence-electron chi connectivity index (χ4n) is 2.20. The first-order valence-corrected chi connectivity index (χ1v) is 6.03. The minimum Gasteiger partial charge on any atom is -0.493 e. The zero-order valence-electron chi connectivity index (χ0n) is 9.97. The number of anilines is 2. The normalized spacial score (nSPS) is 17.7. The Morgan fingerprint density at radius 1 is 1.22 bits per heavy atom. The lowest BCUT2D eigenvalue weighted by Gasteiger charge is -2.27. The molecule has 0 fully saturated rings. The van der Waals surface area contributed by atoms with Crippen LogP contribution in [0.1, 0.15) is 18.0 Å². The number of fused-ring (bicyclic) bond motifs is 1. The number of hydrogen-bond acceptors (Lipinski definition) is 4. The Morgan fingerprint density at radius 3 is 3.00 bits per heavy atom. The molecule has 0 saturated heterocycles. The van der Waals surface area contributed by atoms with Crippen molar-refractivity contribution in [3.8, 4) is 5.75 Å². The van der Waals surface area contributed by atoms with Crippen molar-refractivity contribution in [2.45, 2.75) is 12.5 Å². The van der Waals surface area contributed by atoms with Crippen molar-refractivity contribution in [1.29, 1.82) is 0 Å². The van der Waals surface area contributed by atoms with Gasteiger partial charge < -0.3 is 15.8 Å². The highest BCUT2D eigenvalue weighted by molar-refractivity contribution is 5.61. The van der Waals surface area contributed by atoms with Crippen LogP contribution in [0.15, 0.2) is 42.6 Å². The summed E-state index contributed by atoms with van der Waals surface area (Å²) in [5.74, 6) is 1.68. The molecule has 0 spiro atoms. The number of hydrogen-bond donors (Lipinski definition) is 2. The number of nitrogens with two attached hydrogens (primary N) is 1. The van der Waals surface area contributed by atoms with Gasteiger partial charge in [-0.15, -0.1) is 0 Å². The molecule has 0 radical (unpaired) electrons. The monoisotopic (exact) mass is 241 g/mol. The molecule has 1 atom stereocenters. The first-order chi connectivity index (χ1) is 8.84. The lowest BCUT2D eigenvalue weighted by atomic mass is 10.0. The van der Waals surface area contributed by atoms with Crippen LogP contribution in [-0.2, 0) is 0 Å². The van der Waals surface area contributed by atoms with Crippen LogP contribution >= 0.6 is 0 Å². The average Bonchev–Trinajstić information content (AvgIpc) is 2.42. The predicted octanol–water partition coefficient (Wildman–Crippen LogP) is 2.60. The summed E-state index contributed by atoms with van der Waals surface area (Å²) < 4.78 is 5.63. The molecular weight excluding hydrogens is 226 g/mol. The van der Waals surface area contributed by atoms with E-state index in [4.69, 9.17) is 10.5 Å². The molecule has 3 rings (SSSR count). The molecule has 0 saturated carbocycles. The Morgan fingerprint density at radius 2 is 2.11 bits per heavy atom. The molecular formula is C14H15N3O. The Hall–Kier alpha value is -2.23. The fraction of sp³-hybridized carbons (Fsp3) is 0.214. The Balaban J connectivity index is 1.89. The van der Waals surface area contributed by atoms with E-state index in [1.54, 1.807) is 6.20 Å². The Labute approximate surface area is 106 Å². The molecule has 1 aliphatic rings.